The molecule has 1 heterocycles. The highest BCUT2D eigenvalue weighted by Crippen LogP contribution is 2.13. The maximum Gasteiger partial charge on any atom is 0.113 e. The van der Waals surface area contributed by atoms with Gasteiger partial charge in [0.25, 0.3) is 0 Å². The molecule has 0 fully saturated rings. The van der Waals surface area contributed by atoms with E-state index < -0.39 is 0 Å². The van der Waals surface area contributed by atoms with Crippen LogP contribution in [0.25, 0.3) is 16.7 Å². The minimum Gasteiger partial charge on any atom is -0.399 e. The van der Waals surface area contributed by atoms with Crippen LogP contribution < -0.4 is 5.73 Å². The Morgan fingerprint density at radius 1 is 1.33 bits per heavy atom. The number of aromatic amines is 1. The summed E-state index contributed by atoms with van der Waals surface area (Å²) in [7, 11) is 0. The van der Waals surface area contributed by atoms with E-state index in [9.17, 15) is 0 Å². The largest absolute Gasteiger partial charge is 0.399 e. The molecule has 4 nitrogen and oxygen atoms in total. The molecule has 1 aromatic heterocycles. The fourth-order valence-corrected chi connectivity index (χ4v) is 1.04. The van der Waals surface area contributed by atoms with Gasteiger partial charge in [-0.05, 0) is 17.7 Å². The lowest BCUT2D eigenvalue weighted by Gasteiger charge is -1.96. The van der Waals surface area contributed by atoms with Crippen LogP contribution in [0.2, 0.25) is 0 Å². The second kappa shape index (κ2) is 2.34. The first-order chi connectivity index (χ1) is 5.77. The first-order valence-corrected chi connectivity index (χ1v) is 3.52. The zero-order valence-corrected chi connectivity index (χ0v) is 6.41. The van der Waals surface area contributed by atoms with Gasteiger partial charge in [0.2, 0.25) is 0 Å². The molecule has 0 amide bonds. The zero-order valence-electron chi connectivity index (χ0n) is 6.41. The van der Waals surface area contributed by atoms with Crippen LogP contribution in [0.15, 0.2) is 24.8 Å². The van der Waals surface area contributed by atoms with Gasteiger partial charge in [-0.15, -0.1) is 0 Å². The van der Waals surface area contributed by atoms with Crippen LogP contribution in [0.3, 0.4) is 0 Å². The number of nitrogens with one attached hydrogen (secondary N) is 1. The lowest BCUT2D eigenvalue weighted by molar-refractivity contribution is 0.959. The number of hydrogen-bond acceptors (Lipinski definition) is 3. The predicted octanol–water partition coefficient (Wildman–Crippen LogP) is 0.887. The molecule has 2 aromatic rings. The van der Waals surface area contributed by atoms with E-state index in [2.05, 4.69) is 22.0 Å². The van der Waals surface area contributed by atoms with Crippen LogP contribution >= 0.6 is 0 Å². The average molecular weight is 160 g/mol. The van der Waals surface area contributed by atoms with Gasteiger partial charge in [0, 0.05) is 5.70 Å². The monoisotopic (exact) mass is 160 g/mol. The fraction of sp³-hybridized carbons (Fsp3) is 0. The molecule has 0 aliphatic heterocycles. The van der Waals surface area contributed by atoms with Gasteiger partial charge >= 0.3 is 0 Å². The number of rotatable bonds is 1. The Hall–Kier alpha value is -1.84. The maximum atomic E-state index is 5.52. The Balaban J connectivity index is 2.68. The van der Waals surface area contributed by atoms with Crippen molar-refractivity contribution in [3.05, 3.63) is 30.3 Å². The Bertz CT molecular complexity index is 429. The summed E-state index contributed by atoms with van der Waals surface area (Å²) in [6.07, 6.45) is 0. The van der Waals surface area contributed by atoms with Crippen molar-refractivity contribution in [1.29, 1.82) is 0 Å². The molecule has 4 heteroatoms. The standard InChI is InChI=1S/C8H8N4/c1-5(9)6-2-3-7-8(4-6)11-12-10-7/h2-4H,1,9H2,(H,10,11,12). The summed E-state index contributed by atoms with van der Waals surface area (Å²) in [6.45, 7) is 3.64. The minimum atomic E-state index is 0.542. The molecule has 0 radical (unpaired) electrons. The van der Waals surface area contributed by atoms with Crippen molar-refractivity contribution >= 4 is 16.7 Å². The van der Waals surface area contributed by atoms with Crippen molar-refractivity contribution in [3.8, 4) is 0 Å². The van der Waals surface area contributed by atoms with Crippen LogP contribution in [0.4, 0.5) is 0 Å². The molecule has 3 N–H and O–H groups in total. The molecule has 0 saturated heterocycles. The van der Waals surface area contributed by atoms with Crippen molar-refractivity contribution < 1.29 is 0 Å². The number of fused-ring (bicyclic) bond motifs is 1. The van der Waals surface area contributed by atoms with E-state index in [1.165, 1.54) is 0 Å². The smallest absolute Gasteiger partial charge is 0.113 e. The fourth-order valence-electron chi connectivity index (χ4n) is 1.04. The second-order valence-electron chi connectivity index (χ2n) is 2.55. The van der Waals surface area contributed by atoms with Crippen LogP contribution in [-0.4, -0.2) is 15.4 Å². The highest BCUT2D eigenvalue weighted by atomic mass is 15.3. The predicted molar refractivity (Wildman–Crippen MR) is 47.1 cm³/mol. The third-order valence-corrected chi connectivity index (χ3v) is 1.69. The molecule has 12 heavy (non-hydrogen) atoms. The quantitative estimate of drug-likeness (QED) is 0.650. The molecule has 0 atom stereocenters. The van der Waals surface area contributed by atoms with Gasteiger partial charge in [0.05, 0.1) is 0 Å². The van der Waals surface area contributed by atoms with Gasteiger partial charge in [-0.25, -0.2) is 0 Å². The van der Waals surface area contributed by atoms with Gasteiger partial charge in [-0.2, -0.15) is 15.4 Å². The number of H-pyrrole nitrogens is 1. The summed E-state index contributed by atoms with van der Waals surface area (Å²) in [6, 6.07) is 5.57. The van der Waals surface area contributed by atoms with E-state index in [0.717, 1.165) is 16.6 Å². The highest BCUT2D eigenvalue weighted by molar-refractivity contribution is 5.78. The van der Waals surface area contributed by atoms with Crippen LogP contribution in [-0.2, 0) is 0 Å². The van der Waals surface area contributed by atoms with Crippen molar-refractivity contribution in [2.24, 2.45) is 5.73 Å². The van der Waals surface area contributed by atoms with Crippen LogP contribution in [0.1, 0.15) is 5.56 Å². The number of benzene rings is 1. The van der Waals surface area contributed by atoms with Gasteiger partial charge in [-0.3, -0.25) is 0 Å². The van der Waals surface area contributed by atoms with E-state index >= 15 is 0 Å². The van der Waals surface area contributed by atoms with Crippen LogP contribution in [0.5, 0.6) is 0 Å². The van der Waals surface area contributed by atoms with E-state index in [1.54, 1.807) is 0 Å². The number of nitrogens with two attached hydrogens (primary N) is 1. The van der Waals surface area contributed by atoms with Gasteiger partial charge in [0.15, 0.2) is 0 Å². The normalized spacial score (nSPS) is 10.3. The molecule has 0 unspecified atom stereocenters. The zero-order chi connectivity index (χ0) is 8.55. The van der Waals surface area contributed by atoms with E-state index in [-0.39, 0.29) is 0 Å². The third kappa shape index (κ3) is 0.934. The molecule has 0 aliphatic rings. The molecule has 0 bridgehead atoms. The summed E-state index contributed by atoms with van der Waals surface area (Å²) in [5.41, 5.74) is 8.59. The molecule has 1 aromatic carbocycles. The first-order valence-electron chi connectivity index (χ1n) is 3.52. The minimum absolute atomic E-state index is 0.542. The first kappa shape index (κ1) is 6.84. The molecule has 2 rings (SSSR count). The van der Waals surface area contributed by atoms with Crippen molar-refractivity contribution in [2.75, 3.05) is 0 Å². The maximum absolute atomic E-state index is 5.52. The van der Waals surface area contributed by atoms with E-state index in [1.807, 2.05) is 18.2 Å². The third-order valence-electron chi connectivity index (χ3n) is 1.69. The Morgan fingerprint density at radius 2 is 2.08 bits per heavy atom. The molecular formula is C8H8N4. The van der Waals surface area contributed by atoms with Gasteiger partial charge in [-0.1, -0.05) is 12.6 Å². The summed E-state index contributed by atoms with van der Waals surface area (Å²) in [5.74, 6) is 0. The Morgan fingerprint density at radius 3 is 2.83 bits per heavy atom. The Kier molecular flexibility index (Phi) is 1.33. The lowest BCUT2D eigenvalue weighted by atomic mass is 10.1. The molecule has 0 spiro atoms. The lowest BCUT2D eigenvalue weighted by Crippen LogP contribution is -1.92. The summed E-state index contributed by atoms with van der Waals surface area (Å²) in [4.78, 5) is 0. The summed E-state index contributed by atoms with van der Waals surface area (Å²) >= 11 is 0. The van der Waals surface area contributed by atoms with E-state index in [0.29, 0.717) is 5.70 Å². The second-order valence-corrected chi connectivity index (χ2v) is 2.55. The van der Waals surface area contributed by atoms with Crippen molar-refractivity contribution in [2.45, 2.75) is 0 Å². The van der Waals surface area contributed by atoms with Gasteiger partial charge < -0.3 is 5.73 Å². The SMILES string of the molecule is C=C(N)c1ccc2n[nH]nc2c1. The molecular weight excluding hydrogens is 152 g/mol. The number of nitrogens with zero attached hydrogens (tertiary/aromatic N) is 2. The number of aromatic nitrogens is 3. The average Bonchev–Trinajstić information content (AvgIpc) is 2.49. The van der Waals surface area contributed by atoms with E-state index in [4.69, 9.17) is 5.73 Å². The van der Waals surface area contributed by atoms with Crippen molar-refractivity contribution in [3.63, 3.8) is 0 Å². The van der Waals surface area contributed by atoms with Crippen LogP contribution in [0, 0.1) is 0 Å². The van der Waals surface area contributed by atoms with Gasteiger partial charge in [0.1, 0.15) is 11.0 Å². The Labute approximate surface area is 69.1 Å². The number of hydrogen-bond donors (Lipinski definition) is 2. The van der Waals surface area contributed by atoms with Crippen molar-refractivity contribution in [1.82, 2.24) is 15.4 Å². The summed E-state index contributed by atoms with van der Waals surface area (Å²) in [5, 5.41) is 10.4. The summed E-state index contributed by atoms with van der Waals surface area (Å²) < 4.78 is 0. The molecule has 0 saturated carbocycles. The molecule has 0 aliphatic carbocycles. The highest BCUT2D eigenvalue weighted by Gasteiger charge is 1.99. The topological polar surface area (TPSA) is 67.6 Å². The molecule has 60 valence electrons.